The zero-order valence-corrected chi connectivity index (χ0v) is 17.0. The van der Waals surface area contributed by atoms with Crippen molar-refractivity contribution in [2.75, 3.05) is 31.1 Å². The third kappa shape index (κ3) is 4.34. The van der Waals surface area contributed by atoms with Gasteiger partial charge < -0.3 is 4.90 Å². The summed E-state index contributed by atoms with van der Waals surface area (Å²) >= 11 is 0. The topological polar surface area (TPSA) is 36.7 Å². The smallest absolute Gasteiger partial charge is 0.367 e. The average Bonchev–Trinajstić information content (AvgIpc) is 3.11. The molecular formula is C21H22F5N5. The molecule has 0 amide bonds. The highest BCUT2D eigenvalue weighted by Gasteiger charge is 2.38. The Bertz CT molecular complexity index is 1070. The van der Waals surface area contributed by atoms with Crippen LogP contribution in [0.25, 0.3) is 5.65 Å². The molecule has 2 aromatic heterocycles. The Hall–Kier alpha value is -2.75. The van der Waals surface area contributed by atoms with Gasteiger partial charge in [0.15, 0.2) is 5.65 Å². The van der Waals surface area contributed by atoms with Crippen LogP contribution in [0.5, 0.6) is 0 Å². The number of rotatable bonds is 5. The van der Waals surface area contributed by atoms with Crippen molar-refractivity contribution < 1.29 is 22.0 Å². The molecule has 0 unspecified atom stereocenters. The molecule has 5 nitrogen and oxygen atoms in total. The molecule has 0 bridgehead atoms. The molecule has 3 heterocycles. The number of anilines is 1. The van der Waals surface area contributed by atoms with Gasteiger partial charge in [0.2, 0.25) is 0 Å². The van der Waals surface area contributed by atoms with Crippen LogP contribution in [0.2, 0.25) is 0 Å². The van der Waals surface area contributed by atoms with Gasteiger partial charge in [-0.3, -0.25) is 9.30 Å². The Labute approximate surface area is 176 Å². The molecule has 1 aromatic carbocycles. The van der Waals surface area contributed by atoms with Gasteiger partial charge in [0, 0.05) is 51.4 Å². The number of benzene rings is 1. The quantitative estimate of drug-likeness (QED) is 0.556. The molecule has 0 saturated carbocycles. The molecule has 4 rings (SSSR count). The van der Waals surface area contributed by atoms with E-state index in [9.17, 15) is 22.0 Å². The van der Waals surface area contributed by atoms with Gasteiger partial charge in [-0.25, -0.2) is 8.78 Å². The number of hydrogen-bond acceptors (Lipinski definition) is 4. The number of aryl methyl sites for hydroxylation is 1. The van der Waals surface area contributed by atoms with Crippen molar-refractivity contribution in [2.24, 2.45) is 0 Å². The van der Waals surface area contributed by atoms with Crippen LogP contribution >= 0.6 is 0 Å². The lowest BCUT2D eigenvalue weighted by atomic mass is 10.1. The molecule has 0 radical (unpaired) electrons. The summed E-state index contributed by atoms with van der Waals surface area (Å²) in [5.41, 5.74) is -0.514. The second-order valence-corrected chi connectivity index (χ2v) is 7.63. The van der Waals surface area contributed by atoms with E-state index in [1.807, 2.05) is 11.8 Å². The van der Waals surface area contributed by atoms with Crippen molar-refractivity contribution >= 4 is 11.3 Å². The minimum Gasteiger partial charge on any atom is -0.367 e. The molecule has 0 N–H and O–H groups in total. The SMILES string of the molecule is CCCc1nnc2c(C(F)(F)F)c(CN3CCN(c4ccc(F)cc4F)CC3)ccn12. The van der Waals surface area contributed by atoms with Crippen LogP contribution in [-0.4, -0.2) is 45.7 Å². The summed E-state index contributed by atoms with van der Waals surface area (Å²) < 4.78 is 70.3. The van der Waals surface area contributed by atoms with E-state index in [1.54, 1.807) is 11.1 Å². The number of pyridine rings is 1. The van der Waals surface area contributed by atoms with E-state index in [4.69, 9.17) is 0 Å². The van der Waals surface area contributed by atoms with Gasteiger partial charge >= 0.3 is 6.18 Å². The molecule has 1 aliphatic rings. The monoisotopic (exact) mass is 439 g/mol. The van der Waals surface area contributed by atoms with Gasteiger partial charge in [-0.2, -0.15) is 13.2 Å². The Morgan fingerprint density at radius 1 is 1.00 bits per heavy atom. The molecular weight excluding hydrogens is 417 g/mol. The van der Waals surface area contributed by atoms with Gasteiger partial charge in [-0.1, -0.05) is 6.92 Å². The van der Waals surface area contributed by atoms with Crippen molar-refractivity contribution in [3.8, 4) is 0 Å². The average molecular weight is 439 g/mol. The van der Waals surface area contributed by atoms with E-state index in [1.165, 1.54) is 22.6 Å². The first-order valence-electron chi connectivity index (χ1n) is 10.1. The van der Waals surface area contributed by atoms with Crippen molar-refractivity contribution in [3.05, 3.63) is 59.0 Å². The van der Waals surface area contributed by atoms with Gasteiger partial charge in [-0.15, -0.1) is 10.2 Å². The van der Waals surface area contributed by atoms with Gasteiger partial charge in [0.05, 0.1) is 5.69 Å². The first-order valence-corrected chi connectivity index (χ1v) is 10.1. The predicted molar refractivity (Wildman–Crippen MR) is 106 cm³/mol. The summed E-state index contributed by atoms with van der Waals surface area (Å²) in [7, 11) is 0. The summed E-state index contributed by atoms with van der Waals surface area (Å²) in [4.78, 5) is 3.66. The number of hydrogen-bond donors (Lipinski definition) is 0. The van der Waals surface area contributed by atoms with E-state index in [-0.39, 0.29) is 17.8 Å². The summed E-state index contributed by atoms with van der Waals surface area (Å²) in [6.07, 6.45) is -1.68. The molecule has 1 fully saturated rings. The Balaban J connectivity index is 1.54. The number of nitrogens with zero attached hydrogens (tertiary/aromatic N) is 5. The maximum absolute atomic E-state index is 14.0. The third-order valence-electron chi connectivity index (χ3n) is 5.51. The second kappa shape index (κ2) is 8.41. The summed E-state index contributed by atoms with van der Waals surface area (Å²) in [6.45, 7) is 3.79. The molecule has 0 atom stereocenters. The van der Waals surface area contributed by atoms with Crippen molar-refractivity contribution in [1.29, 1.82) is 0 Å². The van der Waals surface area contributed by atoms with Crippen LogP contribution in [0.15, 0.2) is 30.5 Å². The normalized spacial score (nSPS) is 15.7. The Morgan fingerprint density at radius 3 is 2.39 bits per heavy atom. The van der Waals surface area contributed by atoms with E-state index in [0.717, 1.165) is 12.5 Å². The van der Waals surface area contributed by atoms with Gasteiger partial charge in [0.25, 0.3) is 0 Å². The molecule has 166 valence electrons. The zero-order valence-electron chi connectivity index (χ0n) is 17.0. The fraction of sp³-hybridized carbons (Fsp3) is 0.429. The molecule has 31 heavy (non-hydrogen) atoms. The minimum atomic E-state index is -4.56. The first-order chi connectivity index (χ1) is 14.8. The molecule has 10 heteroatoms. The second-order valence-electron chi connectivity index (χ2n) is 7.63. The highest BCUT2D eigenvalue weighted by molar-refractivity contribution is 5.54. The summed E-state index contributed by atoms with van der Waals surface area (Å²) in [5, 5.41) is 7.76. The fourth-order valence-electron chi connectivity index (χ4n) is 4.00. The minimum absolute atomic E-state index is 0.0983. The van der Waals surface area contributed by atoms with Crippen LogP contribution in [0, 0.1) is 11.6 Å². The van der Waals surface area contributed by atoms with E-state index >= 15 is 0 Å². The number of aromatic nitrogens is 3. The fourth-order valence-corrected chi connectivity index (χ4v) is 4.00. The highest BCUT2D eigenvalue weighted by Crippen LogP contribution is 2.35. The third-order valence-corrected chi connectivity index (χ3v) is 5.51. The Morgan fingerprint density at radius 2 is 1.74 bits per heavy atom. The van der Waals surface area contributed by atoms with Crippen LogP contribution < -0.4 is 4.90 Å². The van der Waals surface area contributed by atoms with Crippen LogP contribution in [0.4, 0.5) is 27.6 Å². The number of piperazine rings is 1. The predicted octanol–water partition coefficient (Wildman–Crippen LogP) is 4.30. The van der Waals surface area contributed by atoms with E-state index in [0.29, 0.717) is 44.1 Å². The molecule has 1 aliphatic heterocycles. The van der Waals surface area contributed by atoms with E-state index in [2.05, 4.69) is 10.2 Å². The summed E-state index contributed by atoms with van der Waals surface area (Å²) in [6, 6.07) is 4.89. The lowest BCUT2D eigenvalue weighted by Crippen LogP contribution is -2.46. The maximum atomic E-state index is 14.0. The zero-order chi connectivity index (χ0) is 22.2. The number of alkyl halides is 3. The van der Waals surface area contributed by atoms with Crippen molar-refractivity contribution in [2.45, 2.75) is 32.5 Å². The number of halogens is 5. The molecule has 0 aliphatic carbocycles. The molecule has 0 spiro atoms. The maximum Gasteiger partial charge on any atom is 0.420 e. The van der Waals surface area contributed by atoms with Crippen LogP contribution in [-0.2, 0) is 19.1 Å². The molecule has 1 saturated heterocycles. The Kier molecular flexibility index (Phi) is 5.83. The van der Waals surface area contributed by atoms with Crippen LogP contribution in [0.1, 0.15) is 30.3 Å². The van der Waals surface area contributed by atoms with Crippen LogP contribution in [0.3, 0.4) is 0 Å². The van der Waals surface area contributed by atoms with E-state index < -0.39 is 23.4 Å². The van der Waals surface area contributed by atoms with Crippen molar-refractivity contribution in [1.82, 2.24) is 19.5 Å². The largest absolute Gasteiger partial charge is 0.420 e. The lowest BCUT2D eigenvalue weighted by molar-refractivity contribution is -0.137. The highest BCUT2D eigenvalue weighted by atomic mass is 19.4. The summed E-state index contributed by atoms with van der Waals surface area (Å²) in [5.74, 6) is -0.789. The van der Waals surface area contributed by atoms with Gasteiger partial charge in [-0.05, 0) is 30.2 Å². The first kappa shape index (κ1) is 21.5. The van der Waals surface area contributed by atoms with Gasteiger partial charge in [0.1, 0.15) is 23.0 Å². The van der Waals surface area contributed by atoms with Crippen molar-refractivity contribution in [3.63, 3.8) is 0 Å². The standard InChI is InChI=1S/C21H22F5N5/c1-2-3-18-27-28-20-19(21(24,25)26)14(6-7-31(18)20)13-29-8-10-30(11-9-29)17-5-4-15(22)12-16(17)23/h4-7,12H,2-3,8-11,13H2,1H3. The molecule has 3 aromatic rings. The number of fused-ring (bicyclic) bond motifs is 1. The lowest BCUT2D eigenvalue weighted by Gasteiger charge is -2.36.